The average Bonchev–Trinajstić information content (AvgIpc) is 3.08. The number of halogens is 1. The maximum Gasteiger partial charge on any atom is 0.247 e. The van der Waals surface area contributed by atoms with Gasteiger partial charge >= 0.3 is 0 Å². The molecule has 2 heterocycles. The van der Waals surface area contributed by atoms with Gasteiger partial charge in [-0.1, -0.05) is 34.1 Å². The summed E-state index contributed by atoms with van der Waals surface area (Å²) < 4.78 is 6.53. The second-order valence-electron chi connectivity index (χ2n) is 5.37. The van der Waals surface area contributed by atoms with Gasteiger partial charge in [0.1, 0.15) is 0 Å². The highest BCUT2D eigenvalue weighted by Crippen LogP contribution is 2.35. The average molecular weight is 336 g/mol. The van der Waals surface area contributed by atoms with Gasteiger partial charge in [0.2, 0.25) is 11.7 Å². The molecule has 3 rings (SSSR count). The molecular formula is C15H18BrN3O. The summed E-state index contributed by atoms with van der Waals surface area (Å²) in [4.78, 5) is 4.63. The molecule has 0 radical (unpaired) electrons. The third-order valence-electron chi connectivity index (χ3n) is 4.05. The van der Waals surface area contributed by atoms with Crippen LogP contribution in [-0.2, 0) is 5.54 Å². The molecule has 1 aromatic heterocycles. The molecule has 1 aliphatic heterocycles. The summed E-state index contributed by atoms with van der Waals surface area (Å²) >= 11 is 3.57. The van der Waals surface area contributed by atoms with Crippen LogP contribution in [0.2, 0.25) is 0 Å². The molecule has 5 heteroatoms. The fourth-order valence-corrected chi connectivity index (χ4v) is 3.44. The number of hydrogen-bond donors (Lipinski definition) is 1. The molecule has 0 aliphatic carbocycles. The molecule has 20 heavy (non-hydrogen) atoms. The number of nitrogens with zero attached hydrogens (tertiary/aromatic N) is 2. The molecule has 1 saturated heterocycles. The van der Waals surface area contributed by atoms with Crippen LogP contribution < -0.4 is 5.32 Å². The lowest BCUT2D eigenvalue weighted by molar-refractivity contribution is 0.250. The molecule has 1 fully saturated rings. The van der Waals surface area contributed by atoms with Gasteiger partial charge in [-0.3, -0.25) is 0 Å². The van der Waals surface area contributed by atoms with Gasteiger partial charge in [0.05, 0.1) is 5.54 Å². The molecular weight excluding hydrogens is 318 g/mol. The van der Waals surface area contributed by atoms with Crippen molar-refractivity contribution in [2.45, 2.75) is 38.6 Å². The summed E-state index contributed by atoms with van der Waals surface area (Å²) in [6.45, 7) is 5.23. The van der Waals surface area contributed by atoms with Crippen molar-refractivity contribution < 1.29 is 4.52 Å². The summed E-state index contributed by atoms with van der Waals surface area (Å²) in [6.07, 6.45) is 3.17. The fourth-order valence-electron chi connectivity index (χ4n) is 2.77. The van der Waals surface area contributed by atoms with Crippen molar-refractivity contribution in [3.63, 3.8) is 0 Å². The first-order chi connectivity index (χ1) is 9.64. The van der Waals surface area contributed by atoms with E-state index in [0.717, 1.165) is 35.8 Å². The van der Waals surface area contributed by atoms with Crippen LogP contribution in [0.5, 0.6) is 0 Å². The van der Waals surface area contributed by atoms with Crippen LogP contribution >= 0.6 is 15.9 Å². The van der Waals surface area contributed by atoms with Crippen LogP contribution in [0.15, 0.2) is 27.2 Å². The summed E-state index contributed by atoms with van der Waals surface area (Å²) in [5, 5.41) is 7.68. The SMILES string of the molecule is CCC1(c2nc(-c3ccc(C)cc3Br)no2)CCCN1. The van der Waals surface area contributed by atoms with Crippen LogP contribution in [0.25, 0.3) is 11.4 Å². The molecule has 4 nitrogen and oxygen atoms in total. The van der Waals surface area contributed by atoms with Crippen molar-refractivity contribution >= 4 is 15.9 Å². The Morgan fingerprint density at radius 3 is 2.95 bits per heavy atom. The van der Waals surface area contributed by atoms with Gasteiger partial charge in [-0.05, 0) is 50.4 Å². The van der Waals surface area contributed by atoms with E-state index in [9.17, 15) is 0 Å². The van der Waals surface area contributed by atoms with Crippen LogP contribution in [0, 0.1) is 6.92 Å². The van der Waals surface area contributed by atoms with E-state index in [1.165, 1.54) is 5.56 Å². The number of benzene rings is 1. The van der Waals surface area contributed by atoms with Gasteiger partial charge in [0.15, 0.2) is 0 Å². The molecule has 1 aliphatic rings. The lowest BCUT2D eigenvalue weighted by atomic mass is 9.94. The highest BCUT2D eigenvalue weighted by atomic mass is 79.9. The number of aryl methyl sites for hydroxylation is 1. The normalized spacial score (nSPS) is 22.4. The predicted molar refractivity (Wildman–Crippen MR) is 81.4 cm³/mol. The van der Waals surface area contributed by atoms with Gasteiger partial charge in [-0.25, -0.2) is 0 Å². The topological polar surface area (TPSA) is 51.0 Å². The molecule has 1 unspecified atom stereocenters. The Kier molecular flexibility index (Phi) is 3.65. The number of rotatable bonds is 3. The second-order valence-corrected chi connectivity index (χ2v) is 6.23. The minimum absolute atomic E-state index is 0.136. The van der Waals surface area contributed by atoms with E-state index in [0.29, 0.717) is 11.7 Å². The minimum atomic E-state index is -0.136. The lowest BCUT2D eigenvalue weighted by Gasteiger charge is -2.22. The Hall–Kier alpha value is -1.20. The quantitative estimate of drug-likeness (QED) is 0.926. The smallest absolute Gasteiger partial charge is 0.247 e. The minimum Gasteiger partial charge on any atom is -0.337 e. The van der Waals surface area contributed by atoms with E-state index in [-0.39, 0.29) is 5.54 Å². The van der Waals surface area contributed by atoms with Crippen LogP contribution in [0.4, 0.5) is 0 Å². The van der Waals surface area contributed by atoms with Crippen molar-refractivity contribution in [3.8, 4) is 11.4 Å². The van der Waals surface area contributed by atoms with E-state index >= 15 is 0 Å². The van der Waals surface area contributed by atoms with Gasteiger partial charge in [-0.15, -0.1) is 0 Å². The zero-order chi connectivity index (χ0) is 14.2. The van der Waals surface area contributed by atoms with Gasteiger partial charge in [-0.2, -0.15) is 4.98 Å². The zero-order valence-corrected chi connectivity index (χ0v) is 13.3. The Balaban J connectivity index is 1.97. The first-order valence-electron chi connectivity index (χ1n) is 7.00. The van der Waals surface area contributed by atoms with E-state index in [1.54, 1.807) is 0 Å². The van der Waals surface area contributed by atoms with Gasteiger partial charge < -0.3 is 9.84 Å². The maximum absolute atomic E-state index is 5.54. The molecule has 1 N–H and O–H groups in total. The third kappa shape index (κ3) is 2.29. The Morgan fingerprint density at radius 1 is 1.45 bits per heavy atom. The Bertz CT molecular complexity index is 617. The number of nitrogens with one attached hydrogen (secondary N) is 1. The number of aromatic nitrogens is 2. The van der Waals surface area contributed by atoms with Crippen molar-refractivity contribution in [1.29, 1.82) is 0 Å². The van der Waals surface area contributed by atoms with E-state index in [1.807, 2.05) is 6.07 Å². The van der Waals surface area contributed by atoms with E-state index in [2.05, 4.69) is 57.4 Å². The highest BCUT2D eigenvalue weighted by molar-refractivity contribution is 9.10. The molecule has 0 bridgehead atoms. The van der Waals surface area contributed by atoms with Crippen molar-refractivity contribution in [2.75, 3.05) is 6.54 Å². The Morgan fingerprint density at radius 2 is 2.30 bits per heavy atom. The summed E-state index contributed by atoms with van der Waals surface area (Å²) in [6, 6.07) is 6.14. The van der Waals surface area contributed by atoms with E-state index in [4.69, 9.17) is 4.52 Å². The molecule has 106 valence electrons. The predicted octanol–water partition coefficient (Wildman–Crippen LogP) is 3.80. The standard InChI is InChI=1S/C15H18BrN3O/c1-3-15(7-4-8-17-15)14-18-13(19-20-14)11-6-5-10(2)9-12(11)16/h5-6,9,17H,3-4,7-8H2,1-2H3. The van der Waals surface area contributed by atoms with Gasteiger partial charge in [0.25, 0.3) is 0 Å². The second kappa shape index (κ2) is 5.30. The van der Waals surface area contributed by atoms with Crippen LogP contribution in [0.3, 0.4) is 0 Å². The van der Waals surface area contributed by atoms with Crippen molar-refractivity contribution in [2.24, 2.45) is 0 Å². The van der Waals surface area contributed by atoms with Crippen LogP contribution in [0.1, 0.15) is 37.6 Å². The Labute approximate surface area is 127 Å². The zero-order valence-electron chi connectivity index (χ0n) is 11.7. The summed E-state index contributed by atoms with van der Waals surface area (Å²) in [5.74, 6) is 1.35. The van der Waals surface area contributed by atoms with Gasteiger partial charge in [0, 0.05) is 10.0 Å². The maximum atomic E-state index is 5.54. The third-order valence-corrected chi connectivity index (χ3v) is 4.70. The summed E-state index contributed by atoms with van der Waals surface area (Å²) in [7, 11) is 0. The van der Waals surface area contributed by atoms with Crippen molar-refractivity contribution in [3.05, 3.63) is 34.1 Å². The molecule has 0 saturated carbocycles. The molecule has 1 aromatic carbocycles. The summed E-state index contributed by atoms with van der Waals surface area (Å²) in [5.41, 5.74) is 2.03. The monoisotopic (exact) mass is 335 g/mol. The largest absolute Gasteiger partial charge is 0.337 e. The molecule has 0 spiro atoms. The highest BCUT2D eigenvalue weighted by Gasteiger charge is 2.39. The molecule has 2 aromatic rings. The number of hydrogen-bond acceptors (Lipinski definition) is 4. The first-order valence-corrected chi connectivity index (χ1v) is 7.80. The molecule has 1 atom stereocenters. The fraction of sp³-hybridized carbons (Fsp3) is 0.467. The first kappa shape index (κ1) is 13.8. The molecule has 0 amide bonds. The van der Waals surface area contributed by atoms with E-state index < -0.39 is 0 Å². The van der Waals surface area contributed by atoms with Crippen molar-refractivity contribution in [1.82, 2.24) is 15.5 Å². The van der Waals surface area contributed by atoms with Crippen LogP contribution in [-0.4, -0.2) is 16.7 Å². The lowest BCUT2D eigenvalue weighted by Crippen LogP contribution is -2.36.